The number of rotatable bonds is 3. The zero-order valence-corrected chi connectivity index (χ0v) is 11.8. The van der Waals surface area contributed by atoms with E-state index in [9.17, 15) is 13.2 Å². The standard InChI is InChI=1S/C16H13F3N2O/c1-11-20-14-7-2-3-8-15(14)21(11)10-12-5-4-6-13(9-12)22-16(17,18)19/h2-9H,10H2,1H3. The van der Waals surface area contributed by atoms with Crippen LogP contribution in [-0.4, -0.2) is 15.9 Å². The first kappa shape index (κ1) is 14.4. The molecule has 1 aromatic heterocycles. The first-order chi connectivity index (χ1) is 10.4. The van der Waals surface area contributed by atoms with Crippen molar-refractivity contribution in [3.63, 3.8) is 0 Å². The summed E-state index contributed by atoms with van der Waals surface area (Å²) >= 11 is 0. The molecule has 114 valence electrons. The topological polar surface area (TPSA) is 27.1 Å². The van der Waals surface area contributed by atoms with E-state index in [0.717, 1.165) is 16.9 Å². The minimum absolute atomic E-state index is 0.216. The van der Waals surface area contributed by atoms with E-state index in [1.54, 1.807) is 12.1 Å². The molecule has 3 nitrogen and oxygen atoms in total. The number of alkyl halides is 3. The van der Waals surface area contributed by atoms with Crippen molar-refractivity contribution >= 4 is 11.0 Å². The van der Waals surface area contributed by atoms with E-state index in [4.69, 9.17) is 0 Å². The van der Waals surface area contributed by atoms with Gasteiger partial charge in [0.25, 0.3) is 0 Å². The smallest absolute Gasteiger partial charge is 0.406 e. The van der Waals surface area contributed by atoms with Crippen LogP contribution in [0.3, 0.4) is 0 Å². The molecule has 0 N–H and O–H groups in total. The number of nitrogens with zero attached hydrogens (tertiary/aromatic N) is 2. The lowest BCUT2D eigenvalue weighted by Crippen LogP contribution is -2.17. The summed E-state index contributed by atoms with van der Waals surface area (Å²) in [7, 11) is 0. The molecule has 6 heteroatoms. The lowest BCUT2D eigenvalue weighted by atomic mass is 10.2. The number of fused-ring (bicyclic) bond motifs is 1. The Balaban J connectivity index is 1.92. The minimum atomic E-state index is -4.68. The van der Waals surface area contributed by atoms with Crippen LogP contribution in [0.4, 0.5) is 13.2 Å². The van der Waals surface area contributed by atoms with Crippen molar-refractivity contribution in [3.8, 4) is 5.75 Å². The van der Waals surface area contributed by atoms with E-state index in [2.05, 4.69) is 9.72 Å². The summed E-state index contributed by atoms with van der Waals surface area (Å²) in [5.74, 6) is 0.593. The van der Waals surface area contributed by atoms with Crippen molar-refractivity contribution in [2.75, 3.05) is 0 Å². The summed E-state index contributed by atoms with van der Waals surface area (Å²) in [6, 6.07) is 13.6. The zero-order valence-electron chi connectivity index (χ0n) is 11.8. The molecule has 3 aromatic rings. The molecule has 0 amide bonds. The third-order valence-electron chi connectivity index (χ3n) is 3.32. The van der Waals surface area contributed by atoms with Gasteiger partial charge >= 0.3 is 6.36 Å². The molecule has 0 saturated carbocycles. The Hall–Kier alpha value is -2.50. The van der Waals surface area contributed by atoms with Crippen LogP contribution in [0.2, 0.25) is 0 Å². The quantitative estimate of drug-likeness (QED) is 0.721. The first-order valence-corrected chi connectivity index (χ1v) is 6.69. The molecule has 0 spiro atoms. The fraction of sp³-hybridized carbons (Fsp3) is 0.188. The van der Waals surface area contributed by atoms with Gasteiger partial charge in [-0.1, -0.05) is 24.3 Å². The van der Waals surface area contributed by atoms with Crippen LogP contribution in [0.5, 0.6) is 5.75 Å². The fourth-order valence-corrected chi connectivity index (χ4v) is 2.42. The lowest BCUT2D eigenvalue weighted by molar-refractivity contribution is -0.274. The van der Waals surface area contributed by atoms with E-state index in [1.807, 2.05) is 35.8 Å². The van der Waals surface area contributed by atoms with Crippen LogP contribution in [-0.2, 0) is 6.54 Å². The monoisotopic (exact) mass is 306 g/mol. The molecule has 0 bridgehead atoms. The summed E-state index contributed by atoms with van der Waals surface area (Å²) in [5.41, 5.74) is 2.53. The van der Waals surface area contributed by atoms with Crippen LogP contribution in [0.1, 0.15) is 11.4 Å². The number of hydrogen-bond acceptors (Lipinski definition) is 2. The minimum Gasteiger partial charge on any atom is -0.406 e. The zero-order chi connectivity index (χ0) is 15.7. The van der Waals surface area contributed by atoms with E-state index in [0.29, 0.717) is 12.1 Å². The Labute approximate surface area is 125 Å². The number of aryl methyl sites for hydroxylation is 1. The van der Waals surface area contributed by atoms with Crippen molar-refractivity contribution < 1.29 is 17.9 Å². The molecule has 0 aliphatic rings. The van der Waals surface area contributed by atoms with E-state index < -0.39 is 6.36 Å². The van der Waals surface area contributed by atoms with Gasteiger partial charge in [0, 0.05) is 6.54 Å². The Morgan fingerprint density at radius 3 is 2.64 bits per heavy atom. The van der Waals surface area contributed by atoms with Crippen LogP contribution in [0.25, 0.3) is 11.0 Å². The summed E-state index contributed by atoms with van der Waals surface area (Å²) in [5, 5.41) is 0. The molecular formula is C16H13F3N2O. The van der Waals surface area contributed by atoms with Gasteiger partial charge in [-0.15, -0.1) is 13.2 Å². The molecule has 0 aliphatic carbocycles. The average molecular weight is 306 g/mol. The van der Waals surface area contributed by atoms with Gasteiger partial charge < -0.3 is 9.30 Å². The molecule has 0 saturated heterocycles. The van der Waals surface area contributed by atoms with Gasteiger partial charge in [0.2, 0.25) is 0 Å². The van der Waals surface area contributed by atoms with Crippen molar-refractivity contribution in [1.29, 1.82) is 0 Å². The lowest BCUT2D eigenvalue weighted by Gasteiger charge is -2.11. The molecule has 1 heterocycles. The van der Waals surface area contributed by atoms with Gasteiger partial charge in [-0.3, -0.25) is 0 Å². The second kappa shape index (κ2) is 5.36. The largest absolute Gasteiger partial charge is 0.573 e. The Morgan fingerprint density at radius 2 is 1.86 bits per heavy atom. The molecule has 0 aliphatic heterocycles. The number of para-hydroxylation sites is 2. The highest BCUT2D eigenvalue weighted by molar-refractivity contribution is 5.75. The van der Waals surface area contributed by atoms with Crippen LogP contribution < -0.4 is 4.74 Å². The molecule has 22 heavy (non-hydrogen) atoms. The Morgan fingerprint density at radius 1 is 1.09 bits per heavy atom. The summed E-state index contributed by atoms with van der Waals surface area (Å²) in [6.45, 7) is 2.30. The number of imidazole rings is 1. The molecule has 3 rings (SSSR count). The highest BCUT2D eigenvalue weighted by Crippen LogP contribution is 2.24. The van der Waals surface area contributed by atoms with Crippen LogP contribution in [0.15, 0.2) is 48.5 Å². The van der Waals surface area contributed by atoms with Crippen molar-refractivity contribution in [3.05, 3.63) is 59.9 Å². The number of benzene rings is 2. The van der Waals surface area contributed by atoms with E-state index in [-0.39, 0.29) is 5.75 Å². The van der Waals surface area contributed by atoms with Crippen LogP contribution in [0, 0.1) is 6.92 Å². The summed E-state index contributed by atoms with van der Waals surface area (Å²) in [4.78, 5) is 4.44. The van der Waals surface area contributed by atoms with Gasteiger partial charge in [-0.05, 0) is 36.8 Å². The number of hydrogen-bond donors (Lipinski definition) is 0. The van der Waals surface area contributed by atoms with Crippen LogP contribution >= 0.6 is 0 Å². The van der Waals surface area contributed by atoms with E-state index in [1.165, 1.54) is 12.1 Å². The second-order valence-corrected chi connectivity index (χ2v) is 4.93. The number of halogens is 3. The van der Waals surface area contributed by atoms with E-state index >= 15 is 0 Å². The van der Waals surface area contributed by atoms with Gasteiger partial charge in [0.1, 0.15) is 11.6 Å². The normalized spacial score (nSPS) is 11.8. The third kappa shape index (κ3) is 3.05. The second-order valence-electron chi connectivity index (χ2n) is 4.93. The highest BCUT2D eigenvalue weighted by Gasteiger charge is 2.31. The van der Waals surface area contributed by atoms with Crippen molar-refractivity contribution in [1.82, 2.24) is 9.55 Å². The highest BCUT2D eigenvalue weighted by atomic mass is 19.4. The van der Waals surface area contributed by atoms with Gasteiger partial charge in [0.05, 0.1) is 11.0 Å². The van der Waals surface area contributed by atoms with Gasteiger partial charge in [-0.2, -0.15) is 0 Å². The predicted octanol–water partition coefficient (Wildman–Crippen LogP) is 4.29. The number of aromatic nitrogens is 2. The SMILES string of the molecule is Cc1nc2ccccc2n1Cc1cccc(OC(F)(F)F)c1. The molecule has 2 aromatic carbocycles. The van der Waals surface area contributed by atoms with Crippen molar-refractivity contribution in [2.24, 2.45) is 0 Å². The fourth-order valence-electron chi connectivity index (χ4n) is 2.42. The van der Waals surface area contributed by atoms with Gasteiger partial charge in [0.15, 0.2) is 0 Å². The molecular weight excluding hydrogens is 293 g/mol. The molecule has 0 fully saturated rings. The predicted molar refractivity (Wildman–Crippen MR) is 76.7 cm³/mol. The summed E-state index contributed by atoms with van der Waals surface area (Å²) in [6.07, 6.45) is -4.68. The third-order valence-corrected chi connectivity index (χ3v) is 3.32. The molecule has 0 radical (unpaired) electrons. The Kier molecular flexibility index (Phi) is 3.52. The first-order valence-electron chi connectivity index (χ1n) is 6.69. The maximum absolute atomic E-state index is 12.3. The maximum Gasteiger partial charge on any atom is 0.573 e. The van der Waals surface area contributed by atoms with Crippen molar-refractivity contribution in [2.45, 2.75) is 19.8 Å². The Bertz CT molecular complexity index is 809. The molecule has 0 unspecified atom stereocenters. The van der Waals surface area contributed by atoms with Gasteiger partial charge in [-0.25, -0.2) is 4.98 Å². The summed E-state index contributed by atoms with van der Waals surface area (Å²) < 4.78 is 42.8. The maximum atomic E-state index is 12.3. The average Bonchev–Trinajstić information content (AvgIpc) is 2.74. The molecule has 0 atom stereocenters. The number of ether oxygens (including phenoxy) is 1.